The van der Waals surface area contributed by atoms with Crippen LogP contribution < -0.4 is 10.5 Å². The lowest BCUT2D eigenvalue weighted by atomic mass is 10.1. The van der Waals surface area contributed by atoms with Gasteiger partial charge < -0.3 is 9.80 Å². The summed E-state index contributed by atoms with van der Waals surface area (Å²) in [6.07, 6.45) is 0. The van der Waals surface area contributed by atoms with Crippen molar-refractivity contribution in [3.05, 3.63) is 82.1 Å². The Morgan fingerprint density at radius 2 is 1.68 bits per heavy atom. The summed E-state index contributed by atoms with van der Waals surface area (Å²) in [5.41, 5.74) is 2.49. The highest BCUT2D eigenvalue weighted by Gasteiger charge is 2.24. The molecule has 156 valence electrons. The second-order valence-electron chi connectivity index (χ2n) is 7.51. The number of carbonyl (C=O) groups is 1. The van der Waals surface area contributed by atoms with Gasteiger partial charge in [0.05, 0.1) is 0 Å². The van der Waals surface area contributed by atoms with Crippen LogP contribution in [-0.2, 0) is 0 Å². The minimum atomic E-state index is -0.197. The zero-order chi connectivity index (χ0) is 21.4. The van der Waals surface area contributed by atoms with E-state index < -0.39 is 0 Å². The number of hydrogen-bond donors (Lipinski definition) is 0. The van der Waals surface area contributed by atoms with E-state index in [2.05, 4.69) is 15.0 Å². The van der Waals surface area contributed by atoms with Crippen LogP contribution >= 0.6 is 11.3 Å². The molecule has 0 atom stereocenters. The lowest BCUT2D eigenvalue weighted by Gasteiger charge is -2.35. The number of anilines is 1. The Hall–Kier alpha value is -3.52. The Balaban J connectivity index is 1.36. The van der Waals surface area contributed by atoms with E-state index in [-0.39, 0.29) is 11.5 Å². The SMILES string of the molecule is Cc1ccccc1C(=O)N1CCN(c2cc(=O)n3nc(-c4ccccc4)sc3n2)CC1. The van der Waals surface area contributed by atoms with E-state index in [0.717, 1.165) is 21.7 Å². The summed E-state index contributed by atoms with van der Waals surface area (Å²) in [6.45, 7) is 4.39. The molecule has 5 rings (SSSR count). The van der Waals surface area contributed by atoms with Crippen LogP contribution in [-0.4, -0.2) is 51.6 Å². The average molecular weight is 432 g/mol. The van der Waals surface area contributed by atoms with Crippen LogP contribution in [0.4, 0.5) is 5.82 Å². The molecule has 31 heavy (non-hydrogen) atoms. The first-order valence-electron chi connectivity index (χ1n) is 10.2. The van der Waals surface area contributed by atoms with E-state index in [4.69, 9.17) is 0 Å². The van der Waals surface area contributed by atoms with Gasteiger partial charge in [0.1, 0.15) is 10.8 Å². The molecule has 0 aliphatic carbocycles. The van der Waals surface area contributed by atoms with Crippen molar-refractivity contribution in [2.24, 2.45) is 0 Å². The van der Waals surface area contributed by atoms with Crippen molar-refractivity contribution in [2.45, 2.75) is 6.92 Å². The van der Waals surface area contributed by atoms with Gasteiger partial charge in [0, 0.05) is 43.4 Å². The maximum Gasteiger partial charge on any atom is 0.277 e. The number of aryl methyl sites for hydroxylation is 1. The van der Waals surface area contributed by atoms with Gasteiger partial charge in [-0.1, -0.05) is 59.9 Å². The summed E-state index contributed by atoms with van der Waals surface area (Å²) in [6, 6.07) is 18.9. The summed E-state index contributed by atoms with van der Waals surface area (Å²) in [4.78, 5) is 34.7. The fourth-order valence-electron chi connectivity index (χ4n) is 3.78. The monoisotopic (exact) mass is 431 g/mol. The van der Waals surface area contributed by atoms with Crippen LogP contribution in [0.5, 0.6) is 0 Å². The average Bonchev–Trinajstić information content (AvgIpc) is 3.25. The maximum atomic E-state index is 12.9. The Morgan fingerprint density at radius 3 is 2.42 bits per heavy atom. The van der Waals surface area contributed by atoms with Gasteiger partial charge in [0.2, 0.25) is 4.96 Å². The van der Waals surface area contributed by atoms with E-state index in [0.29, 0.717) is 37.0 Å². The third kappa shape index (κ3) is 3.70. The molecule has 0 radical (unpaired) electrons. The molecule has 1 fully saturated rings. The van der Waals surface area contributed by atoms with Gasteiger partial charge in [0.25, 0.3) is 11.5 Å². The second-order valence-corrected chi connectivity index (χ2v) is 8.47. The first kappa shape index (κ1) is 19.4. The van der Waals surface area contributed by atoms with Gasteiger partial charge in [-0.15, -0.1) is 0 Å². The Kier molecular flexibility index (Phi) is 4.99. The number of piperazine rings is 1. The van der Waals surface area contributed by atoms with Gasteiger partial charge in [0.15, 0.2) is 0 Å². The summed E-state index contributed by atoms with van der Waals surface area (Å²) in [5.74, 6) is 0.687. The highest BCUT2D eigenvalue weighted by molar-refractivity contribution is 7.19. The molecule has 8 heteroatoms. The molecule has 1 aliphatic rings. The molecular weight excluding hydrogens is 410 g/mol. The molecular formula is C23H21N5O2S. The third-order valence-corrected chi connectivity index (χ3v) is 6.48. The van der Waals surface area contributed by atoms with E-state index in [9.17, 15) is 9.59 Å². The normalized spacial score (nSPS) is 14.2. The molecule has 0 saturated carbocycles. The minimum Gasteiger partial charge on any atom is -0.353 e. The molecule has 1 aliphatic heterocycles. The van der Waals surface area contributed by atoms with Crippen LogP contribution in [0.15, 0.2) is 65.5 Å². The van der Waals surface area contributed by atoms with Crippen LogP contribution in [0, 0.1) is 6.92 Å². The smallest absolute Gasteiger partial charge is 0.277 e. The maximum absolute atomic E-state index is 12.9. The second kappa shape index (κ2) is 7.96. The standard InChI is InChI=1S/C23H21N5O2S/c1-16-7-5-6-10-18(16)22(30)27-13-11-26(12-14-27)19-15-20(29)28-23(24-19)31-21(25-28)17-8-3-2-4-9-17/h2-10,15H,11-14H2,1H3. The molecule has 0 unspecified atom stereocenters. The first-order valence-corrected chi connectivity index (χ1v) is 11.0. The molecule has 2 aromatic carbocycles. The van der Waals surface area contributed by atoms with Crippen molar-refractivity contribution < 1.29 is 4.79 Å². The van der Waals surface area contributed by atoms with Crippen molar-refractivity contribution in [1.29, 1.82) is 0 Å². The summed E-state index contributed by atoms with van der Waals surface area (Å²) >= 11 is 1.40. The molecule has 0 spiro atoms. The van der Waals surface area contributed by atoms with Crippen molar-refractivity contribution in [3.63, 3.8) is 0 Å². The number of fused-ring (bicyclic) bond motifs is 1. The Bertz CT molecular complexity index is 1310. The van der Waals surface area contributed by atoms with Crippen molar-refractivity contribution in [3.8, 4) is 10.6 Å². The van der Waals surface area contributed by atoms with Crippen LogP contribution in [0.2, 0.25) is 0 Å². The van der Waals surface area contributed by atoms with E-state index in [1.807, 2.05) is 66.4 Å². The minimum absolute atomic E-state index is 0.0520. The largest absolute Gasteiger partial charge is 0.353 e. The van der Waals surface area contributed by atoms with Gasteiger partial charge in [-0.05, 0) is 18.6 Å². The molecule has 3 heterocycles. The molecule has 0 bridgehead atoms. The Morgan fingerprint density at radius 1 is 0.968 bits per heavy atom. The highest BCUT2D eigenvalue weighted by atomic mass is 32.1. The predicted octanol–water partition coefficient (Wildman–Crippen LogP) is 3.09. The topological polar surface area (TPSA) is 70.8 Å². The zero-order valence-electron chi connectivity index (χ0n) is 17.1. The van der Waals surface area contributed by atoms with E-state index in [1.165, 1.54) is 21.9 Å². The molecule has 2 aromatic heterocycles. The number of aromatic nitrogens is 3. The van der Waals surface area contributed by atoms with Gasteiger partial charge in [-0.3, -0.25) is 9.59 Å². The first-order chi connectivity index (χ1) is 15.1. The molecule has 1 amide bonds. The lowest BCUT2D eigenvalue weighted by Crippen LogP contribution is -2.49. The lowest BCUT2D eigenvalue weighted by molar-refractivity contribution is 0.0746. The molecule has 4 aromatic rings. The number of nitrogens with zero attached hydrogens (tertiary/aromatic N) is 5. The Labute approximate surface area is 183 Å². The number of hydrogen-bond acceptors (Lipinski definition) is 6. The molecule has 1 saturated heterocycles. The number of rotatable bonds is 3. The summed E-state index contributed by atoms with van der Waals surface area (Å²) in [7, 11) is 0. The number of amides is 1. The van der Waals surface area contributed by atoms with E-state index in [1.54, 1.807) is 0 Å². The predicted molar refractivity (Wildman–Crippen MR) is 122 cm³/mol. The summed E-state index contributed by atoms with van der Waals surface area (Å²) in [5, 5.41) is 5.19. The zero-order valence-corrected chi connectivity index (χ0v) is 17.9. The van der Waals surface area contributed by atoms with Crippen molar-refractivity contribution >= 4 is 28.0 Å². The number of benzene rings is 2. The molecule has 7 nitrogen and oxygen atoms in total. The quantitative estimate of drug-likeness (QED) is 0.499. The van der Waals surface area contributed by atoms with Gasteiger partial charge >= 0.3 is 0 Å². The highest BCUT2D eigenvalue weighted by Crippen LogP contribution is 2.25. The van der Waals surface area contributed by atoms with Gasteiger partial charge in [-0.2, -0.15) is 9.61 Å². The van der Waals surface area contributed by atoms with Crippen molar-refractivity contribution in [1.82, 2.24) is 19.5 Å². The fraction of sp³-hybridized carbons (Fsp3) is 0.217. The van der Waals surface area contributed by atoms with Crippen LogP contribution in [0.1, 0.15) is 15.9 Å². The third-order valence-electron chi connectivity index (χ3n) is 5.52. The summed E-state index contributed by atoms with van der Waals surface area (Å²) < 4.78 is 1.36. The van der Waals surface area contributed by atoms with Crippen LogP contribution in [0.3, 0.4) is 0 Å². The van der Waals surface area contributed by atoms with E-state index >= 15 is 0 Å². The molecule has 0 N–H and O–H groups in total. The van der Waals surface area contributed by atoms with Gasteiger partial charge in [-0.25, -0.2) is 4.98 Å². The van der Waals surface area contributed by atoms with Crippen LogP contribution in [0.25, 0.3) is 15.5 Å². The number of carbonyl (C=O) groups excluding carboxylic acids is 1. The van der Waals surface area contributed by atoms with Crippen molar-refractivity contribution in [2.75, 3.05) is 31.1 Å². The fourth-order valence-corrected chi connectivity index (χ4v) is 4.69.